The van der Waals surface area contributed by atoms with Crippen LogP contribution in [0.5, 0.6) is 11.5 Å². The lowest BCUT2D eigenvalue weighted by Crippen LogP contribution is -1.84. The monoisotopic (exact) mass is 199 g/mol. The van der Waals surface area contributed by atoms with E-state index in [0.29, 0.717) is 5.56 Å². The largest absolute Gasteiger partial charge is 0.507 e. The van der Waals surface area contributed by atoms with Gasteiger partial charge in [-0.05, 0) is 29.8 Å². The second-order valence-corrected chi connectivity index (χ2v) is 3.16. The zero-order valence-electron chi connectivity index (χ0n) is 8.40. The maximum Gasteiger partial charge on any atom is 0.124 e. The van der Waals surface area contributed by atoms with Crippen LogP contribution in [0.15, 0.2) is 42.5 Å². The third-order valence-corrected chi connectivity index (χ3v) is 2.19. The van der Waals surface area contributed by atoms with E-state index in [1.807, 2.05) is 24.3 Å². The molecule has 2 heteroatoms. The highest BCUT2D eigenvalue weighted by molar-refractivity contribution is 5.70. The highest BCUT2D eigenvalue weighted by Crippen LogP contribution is 2.30. The number of hydrogen-bond acceptors (Lipinski definition) is 2. The van der Waals surface area contributed by atoms with Gasteiger partial charge in [-0.25, -0.2) is 0 Å². The van der Waals surface area contributed by atoms with E-state index in [2.05, 4.69) is 6.07 Å². The Morgan fingerprint density at radius 1 is 1.20 bits per heavy atom. The van der Waals surface area contributed by atoms with Gasteiger partial charge in [0.25, 0.3) is 0 Å². The number of hydrogen-bond donors (Lipinski definition) is 1. The summed E-state index contributed by atoms with van der Waals surface area (Å²) in [5, 5.41) is 9.66. The van der Waals surface area contributed by atoms with E-state index in [0.717, 1.165) is 11.3 Å². The van der Waals surface area contributed by atoms with Crippen LogP contribution in [0.2, 0.25) is 0 Å². The number of methoxy groups -OCH3 is 1. The molecule has 1 N–H and O–H groups in total. The molecule has 0 bridgehead atoms. The molecule has 2 aromatic rings. The van der Waals surface area contributed by atoms with Gasteiger partial charge in [-0.3, -0.25) is 0 Å². The van der Waals surface area contributed by atoms with Crippen LogP contribution >= 0.6 is 0 Å². The zero-order chi connectivity index (χ0) is 10.7. The van der Waals surface area contributed by atoms with Crippen LogP contribution < -0.4 is 4.74 Å². The Morgan fingerprint density at radius 2 is 2.07 bits per heavy atom. The molecule has 0 aliphatic rings. The molecule has 0 spiro atoms. The smallest absolute Gasteiger partial charge is 0.124 e. The van der Waals surface area contributed by atoms with Crippen molar-refractivity contribution < 1.29 is 9.84 Å². The molecule has 2 nitrogen and oxygen atoms in total. The molecule has 0 aromatic heterocycles. The zero-order valence-corrected chi connectivity index (χ0v) is 8.40. The Hall–Kier alpha value is -1.96. The van der Waals surface area contributed by atoms with Gasteiger partial charge in [-0.2, -0.15) is 0 Å². The topological polar surface area (TPSA) is 29.5 Å². The van der Waals surface area contributed by atoms with Crippen molar-refractivity contribution >= 4 is 0 Å². The summed E-state index contributed by atoms with van der Waals surface area (Å²) in [6.45, 7) is 0. The Labute approximate surface area is 88.8 Å². The van der Waals surface area contributed by atoms with Crippen molar-refractivity contribution in [3.63, 3.8) is 0 Å². The number of phenols is 1. The molecule has 0 heterocycles. The Kier molecular flexibility index (Phi) is 2.59. The Balaban J connectivity index is 2.49. The van der Waals surface area contributed by atoms with Crippen LogP contribution in [-0.2, 0) is 0 Å². The lowest BCUT2D eigenvalue weighted by molar-refractivity contribution is 0.415. The summed E-state index contributed by atoms with van der Waals surface area (Å²) in [7, 11) is 1.62. The van der Waals surface area contributed by atoms with E-state index in [1.165, 1.54) is 0 Å². The van der Waals surface area contributed by atoms with Gasteiger partial charge in [0.15, 0.2) is 0 Å². The minimum Gasteiger partial charge on any atom is -0.507 e. The number of rotatable bonds is 2. The molecule has 0 saturated heterocycles. The molecule has 0 unspecified atom stereocenters. The molecule has 1 radical (unpaired) electrons. The van der Waals surface area contributed by atoms with Crippen molar-refractivity contribution in [2.24, 2.45) is 0 Å². The minimum atomic E-state index is 0.228. The van der Waals surface area contributed by atoms with Gasteiger partial charge in [0, 0.05) is 5.56 Å². The van der Waals surface area contributed by atoms with Crippen LogP contribution in [-0.4, -0.2) is 12.2 Å². The summed E-state index contributed by atoms with van der Waals surface area (Å²) in [5.74, 6) is 0.995. The number of benzene rings is 2. The average Bonchev–Trinajstić information content (AvgIpc) is 2.30. The standard InChI is InChI=1S/C13H11O2/c1-15-11-6-4-5-10(9-11)12-7-2-3-8-13(12)14/h2-6,8-9,14H,1H3. The number of aromatic hydroxyl groups is 1. The van der Waals surface area contributed by atoms with Crippen LogP contribution in [0.4, 0.5) is 0 Å². The molecule has 2 aromatic carbocycles. The van der Waals surface area contributed by atoms with Gasteiger partial charge >= 0.3 is 0 Å². The second-order valence-electron chi connectivity index (χ2n) is 3.16. The average molecular weight is 199 g/mol. The van der Waals surface area contributed by atoms with Gasteiger partial charge in [-0.15, -0.1) is 0 Å². The first-order chi connectivity index (χ1) is 7.31. The maximum atomic E-state index is 9.66. The van der Waals surface area contributed by atoms with Crippen LogP contribution in [0.3, 0.4) is 0 Å². The van der Waals surface area contributed by atoms with Crippen molar-refractivity contribution in [3.05, 3.63) is 48.5 Å². The first kappa shape index (κ1) is 9.59. The lowest BCUT2D eigenvalue weighted by Gasteiger charge is -2.05. The van der Waals surface area contributed by atoms with Crippen molar-refractivity contribution in [1.29, 1.82) is 0 Å². The van der Waals surface area contributed by atoms with Gasteiger partial charge in [0.1, 0.15) is 11.5 Å². The van der Waals surface area contributed by atoms with Crippen LogP contribution in [0.25, 0.3) is 11.1 Å². The molecule has 15 heavy (non-hydrogen) atoms. The molecule has 0 aliphatic carbocycles. The molecule has 0 aliphatic heterocycles. The number of phenolic OH excluding ortho intramolecular Hbond substituents is 1. The predicted molar refractivity (Wildman–Crippen MR) is 58.9 cm³/mol. The summed E-state index contributed by atoms with van der Waals surface area (Å²) in [6.07, 6.45) is 0. The van der Waals surface area contributed by atoms with E-state index < -0.39 is 0 Å². The van der Waals surface area contributed by atoms with E-state index in [-0.39, 0.29) is 5.75 Å². The SMILES string of the molecule is COc1cccc(-c2[c]cccc2O)c1. The van der Waals surface area contributed by atoms with Crippen molar-refractivity contribution in [2.45, 2.75) is 0 Å². The van der Waals surface area contributed by atoms with Gasteiger partial charge in [0.05, 0.1) is 7.11 Å². The summed E-state index contributed by atoms with van der Waals surface area (Å²) in [4.78, 5) is 0. The van der Waals surface area contributed by atoms with Crippen LogP contribution in [0, 0.1) is 6.07 Å². The van der Waals surface area contributed by atoms with Crippen molar-refractivity contribution in [2.75, 3.05) is 7.11 Å². The molecular weight excluding hydrogens is 188 g/mol. The van der Waals surface area contributed by atoms with Crippen LogP contribution in [0.1, 0.15) is 0 Å². The van der Waals surface area contributed by atoms with Crippen molar-refractivity contribution in [1.82, 2.24) is 0 Å². The number of ether oxygens (including phenoxy) is 1. The first-order valence-corrected chi connectivity index (χ1v) is 4.65. The Morgan fingerprint density at radius 3 is 2.80 bits per heavy atom. The molecule has 0 atom stereocenters. The van der Waals surface area contributed by atoms with E-state index in [1.54, 1.807) is 25.3 Å². The van der Waals surface area contributed by atoms with E-state index in [9.17, 15) is 5.11 Å². The molecule has 75 valence electrons. The third kappa shape index (κ3) is 1.94. The fraction of sp³-hybridized carbons (Fsp3) is 0.0769. The van der Waals surface area contributed by atoms with Gasteiger partial charge < -0.3 is 9.84 Å². The fourth-order valence-electron chi connectivity index (χ4n) is 1.44. The minimum absolute atomic E-state index is 0.228. The van der Waals surface area contributed by atoms with Crippen molar-refractivity contribution in [3.8, 4) is 22.6 Å². The molecule has 0 saturated carbocycles. The lowest BCUT2D eigenvalue weighted by atomic mass is 10.0. The molecule has 0 fully saturated rings. The summed E-state index contributed by atoms with van der Waals surface area (Å²) in [5.41, 5.74) is 1.59. The predicted octanol–water partition coefficient (Wildman–Crippen LogP) is 2.87. The second kappa shape index (κ2) is 4.05. The summed E-state index contributed by atoms with van der Waals surface area (Å²) < 4.78 is 5.12. The van der Waals surface area contributed by atoms with E-state index in [4.69, 9.17) is 4.74 Å². The van der Waals surface area contributed by atoms with Gasteiger partial charge in [0.2, 0.25) is 0 Å². The summed E-state index contributed by atoms with van der Waals surface area (Å²) >= 11 is 0. The summed E-state index contributed by atoms with van der Waals surface area (Å²) in [6, 6.07) is 15.7. The maximum absolute atomic E-state index is 9.66. The normalized spacial score (nSPS) is 9.93. The Bertz CT molecular complexity index is 464. The highest BCUT2D eigenvalue weighted by atomic mass is 16.5. The highest BCUT2D eigenvalue weighted by Gasteiger charge is 2.03. The third-order valence-electron chi connectivity index (χ3n) is 2.19. The molecular formula is C13H11O2. The van der Waals surface area contributed by atoms with Gasteiger partial charge in [-0.1, -0.05) is 24.3 Å². The quantitative estimate of drug-likeness (QED) is 0.805. The first-order valence-electron chi connectivity index (χ1n) is 4.65. The molecule has 2 rings (SSSR count). The fourth-order valence-corrected chi connectivity index (χ4v) is 1.44. The molecule has 0 amide bonds. The van der Waals surface area contributed by atoms with E-state index >= 15 is 0 Å².